The van der Waals surface area contributed by atoms with Crippen molar-refractivity contribution in [2.75, 3.05) is 26.3 Å². The second kappa shape index (κ2) is 6.79. The Morgan fingerprint density at radius 3 is 2.50 bits per heavy atom. The van der Waals surface area contributed by atoms with Crippen LogP contribution in [0, 0.1) is 0 Å². The van der Waals surface area contributed by atoms with Crippen molar-refractivity contribution in [1.82, 2.24) is 10.4 Å². The van der Waals surface area contributed by atoms with Crippen LogP contribution in [0.3, 0.4) is 0 Å². The number of rotatable bonds is 4. The first-order valence-electron chi connectivity index (χ1n) is 5.78. The van der Waals surface area contributed by atoms with Crippen LogP contribution >= 0.6 is 0 Å². The molecule has 1 N–H and O–H groups in total. The molecule has 1 heterocycles. The van der Waals surface area contributed by atoms with Gasteiger partial charge in [0, 0.05) is 19.1 Å². The number of nitrogens with zero attached hydrogens (tertiary/aromatic N) is 1. The number of hydrogen-bond donors (Lipinski definition) is 1. The van der Waals surface area contributed by atoms with Crippen molar-refractivity contribution >= 4 is 6.09 Å². The number of carbonyl (C=O) groups is 1. The van der Waals surface area contributed by atoms with Crippen LogP contribution < -0.4 is 5.48 Å². The zero-order valence-electron chi connectivity index (χ0n) is 10.1. The summed E-state index contributed by atoms with van der Waals surface area (Å²) in [7, 11) is 0. The van der Waals surface area contributed by atoms with E-state index in [1.807, 2.05) is 0 Å². The van der Waals surface area contributed by atoms with E-state index in [-0.39, 0.29) is 12.1 Å². The van der Waals surface area contributed by atoms with E-state index >= 15 is 0 Å². The Kier molecular flexibility index (Phi) is 5.67. The summed E-state index contributed by atoms with van der Waals surface area (Å²) >= 11 is 0. The highest BCUT2D eigenvalue weighted by molar-refractivity contribution is 5.67. The lowest BCUT2D eigenvalue weighted by Gasteiger charge is -2.31. The predicted octanol–water partition coefficient (Wildman–Crippen LogP) is 1.69. The van der Waals surface area contributed by atoms with Crippen LogP contribution in [0.4, 0.5) is 18.0 Å². The van der Waals surface area contributed by atoms with E-state index < -0.39 is 12.8 Å². The summed E-state index contributed by atoms with van der Waals surface area (Å²) in [5.74, 6) is 0. The summed E-state index contributed by atoms with van der Waals surface area (Å²) < 4.78 is 40.3. The normalized spacial score (nSPS) is 17.9. The molecule has 0 saturated carbocycles. The van der Waals surface area contributed by atoms with Gasteiger partial charge in [-0.2, -0.15) is 18.7 Å². The number of carbonyl (C=O) groups excluding carboxylic acids is 1. The molecule has 1 aliphatic heterocycles. The van der Waals surface area contributed by atoms with Crippen LogP contribution in [0.5, 0.6) is 0 Å². The highest BCUT2D eigenvalue weighted by atomic mass is 19.4. The Morgan fingerprint density at radius 1 is 1.39 bits per heavy atom. The molecule has 1 fully saturated rings. The number of hydroxylamine groups is 1. The van der Waals surface area contributed by atoms with E-state index in [1.54, 1.807) is 6.92 Å². The predicted molar refractivity (Wildman–Crippen MR) is 56.8 cm³/mol. The van der Waals surface area contributed by atoms with Crippen LogP contribution in [0.25, 0.3) is 0 Å². The quantitative estimate of drug-likeness (QED) is 0.790. The Labute approximate surface area is 103 Å². The van der Waals surface area contributed by atoms with Crippen molar-refractivity contribution in [3.05, 3.63) is 0 Å². The second-order valence-corrected chi connectivity index (χ2v) is 3.98. The molecule has 0 aromatic carbocycles. The van der Waals surface area contributed by atoms with E-state index in [0.717, 1.165) is 0 Å². The van der Waals surface area contributed by atoms with Crippen molar-refractivity contribution in [3.8, 4) is 0 Å². The highest BCUT2D eigenvalue weighted by Gasteiger charge is 2.29. The smallest absolute Gasteiger partial charge is 0.413 e. The third kappa shape index (κ3) is 5.54. The molecule has 0 atom stereocenters. The van der Waals surface area contributed by atoms with Gasteiger partial charge >= 0.3 is 12.3 Å². The molecular formula is C10H17F3N2O3. The summed E-state index contributed by atoms with van der Waals surface area (Å²) in [6.07, 6.45) is -3.64. The van der Waals surface area contributed by atoms with Gasteiger partial charge < -0.3 is 9.64 Å². The van der Waals surface area contributed by atoms with Crippen LogP contribution in [0.2, 0.25) is 0 Å². The lowest BCUT2D eigenvalue weighted by Crippen LogP contribution is -2.45. The van der Waals surface area contributed by atoms with Crippen molar-refractivity contribution in [2.45, 2.75) is 32.0 Å². The van der Waals surface area contributed by atoms with Gasteiger partial charge in [0.2, 0.25) is 0 Å². The monoisotopic (exact) mass is 270 g/mol. The number of likely N-dealkylation sites (tertiary alicyclic amines) is 1. The SMILES string of the molecule is CCOC(=O)N1CCC(NOCC(F)(F)F)CC1. The molecule has 0 aromatic rings. The third-order valence-electron chi connectivity index (χ3n) is 2.51. The summed E-state index contributed by atoms with van der Waals surface area (Å²) in [5.41, 5.74) is 2.37. The first-order valence-corrected chi connectivity index (χ1v) is 5.78. The number of piperidine rings is 1. The molecule has 0 spiro atoms. The maximum atomic E-state index is 11.8. The Balaban J connectivity index is 2.17. The molecule has 0 unspecified atom stereocenters. The van der Waals surface area contributed by atoms with Crippen molar-refractivity contribution in [1.29, 1.82) is 0 Å². The van der Waals surface area contributed by atoms with Crippen LogP contribution in [-0.2, 0) is 9.57 Å². The molecule has 106 valence electrons. The fourth-order valence-electron chi connectivity index (χ4n) is 1.64. The minimum Gasteiger partial charge on any atom is -0.450 e. The number of alkyl halides is 3. The maximum Gasteiger partial charge on any atom is 0.413 e. The van der Waals surface area contributed by atoms with E-state index in [2.05, 4.69) is 10.3 Å². The molecular weight excluding hydrogens is 253 g/mol. The van der Waals surface area contributed by atoms with E-state index in [4.69, 9.17) is 4.74 Å². The largest absolute Gasteiger partial charge is 0.450 e. The average Bonchev–Trinajstić information content (AvgIpc) is 2.28. The number of amides is 1. The Morgan fingerprint density at radius 2 is 2.00 bits per heavy atom. The van der Waals surface area contributed by atoms with Gasteiger partial charge in [-0.15, -0.1) is 0 Å². The minimum atomic E-state index is -4.33. The topological polar surface area (TPSA) is 50.8 Å². The van der Waals surface area contributed by atoms with E-state index in [1.165, 1.54) is 4.90 Å². The summed E-state index contributed by atoms with van der Waals surface area (Å²) in [6.45, 7) is 1.62. The van der Waals surface area contributed by atoms with E-state index in [0.29, 0.717) is 32.5 Å². The number of hydrogen-bond acceptors (Lipinski definition) is 4. The number of nitrogens with one attached hydrogen (secondary N) is 1. The zero-order valence-corrected chi connectivity index (χ0v) is 10.1. The lowest BCUT2D eigenvalue weighted by molar-refractivity contribution is -0.194. The third-order valence-corrected chi connectivity index (χ3v) is 2.51. The van der Waals surface area contributed by atoms with Gasteiger partial charge in [-0.3, -0.25) is 4.84 Å². The average molecular weight is 270 g/mol. The summed E-state index contributed by atoms with van der Waals surface area (Å²) in [5, 5.41) is 0. The van der Waals surface area contributed by atoms with Crippen molar-refractivity contribution in [2.24, 2.45) is 0 Å². The molecule has 5 nitrogen and oxygen atoms in total. The van der Waals surface area contributed by atoms with Crippen LogP contribution in [0.1, 0.15) is 19.8 Å². The van der Waals surface area contributed by atoms with E-state index in [9.17, 15) is 18.0 Å². The molecule has 1 aliphatic rings. The Bertz CT molecular complexity index is 266. The first kappa shape index (κ1) is 15.0. The van der Waals surface area contributed by atoms with Crippen LogP contribution in [0.15, 0.2) is 0 Å². The molecule has 0 aromatic heterocycles. The Hall–Kier alpha value is -1.02. The molecule has 1 amide bonds. The number of halogens is 3. The molecule has 8 heteroatoms. The summed E-state index contributed by atoms with van der Waals surface area (Å²) in [4.78, 5) is 17.3. The first-order chi connectivity index (χ1) is 8.42. The van der Waals surface area contributed by atoms with Crippen molar-refractivity contribution < 1.29 is 27.5 Å². The fraction of sp³-hybridized carbons (Fsp3) is 0.900. The fourth-order valence-corrected chi connectivity index (χ4v) is 1.64. The van der Waals surface area contributed by atoms with Gasteiger partial charge in [-0.1, -0.05) is 0 Å². The van der Waals surface area contributed by atoms with Gasteiger partial charge in [0.1, 0.15) is 0 Å². The van der Waals surface area contributed by atoms with Gasteiger partial charge in [0.15, 0.2) is 6.61 Å². The molecule has 1 rings (SSSR count). The lowest BCUT2D eigenvalue weighted by atomic mass is 10.1. The molecule has 1 saturated heterocycles. The molecule has 0 radical (unpaired) electrons. The minimum absolute atomic E-state index is 0.168. The molecule has 18 heavy (non-hydrogen) atoms. The second-order valence-electron chi connectivity index (χ2n) is 3.98. The standard InChI is InChI=1S/C10H17F3N2O3/c1-2-17-9(16)15-5-3-8(4-6-15)14-18-7-10(11,12)13/h8,14H,2-7H2,1H3. The van der Waals surface area contributed by atoms with Crippen molar-refractivity contribution in [3.63, 3.8) is 0 Å². The van der Waals surface area contributed by atoms with Gasteiger partial charge in [0.05, 0.1) is 6.61 Å². The maximum absolute atomic E-state index is 11.8. The van der Waals surface area contributed by atoms with Gasteiger partial charge in [-0.25, -0.2) is 4.79 Å². The number of ether oxygens (including phenoxy) is 1. The molecule has 0 bridgehead atoms. The van der Waals surface area contributed by atoms with Gasteiger partial charge in [-0.05, 0) is 19.8 Å². The molecule has 0 aliphatic carbocycles. The highest BCUT2D eigenvalue weighted by Crippen LogP contribution is 2.15. The van der Waals surface area contributed by atoms with Crippen LogP contribution in [-0.4, -0.2) is 49.5 Å². The van der Waals surface area contributed by atoms with Gasteiger partial charge in [0.25, 0.3) is 0 Å². The summed E-state index contributed by atoms with van der Waals surface area (Å²) in [6, 6.07) is -0.168. The zero-order chi connectivity index (χ0) is 13.6.